The second-order valence-electron chi connectivity index (χ2n) is 3.10. The highest BCUT2D eigenvalue weighted by molar-refractivity contribution is 6.29. The number of carboxylic acid groups (broad SMARTS) is 1. The first-order valence-corrected chi connectivity index (χ1v) is 4.17. The van der Waals surface area contributed by atoms with E-state index in [9.17, 15) is 4.79 Å². The molecule has 0 unspecified atom stereocenters. The summed E-state index contributed by atoms with van der Waals surface area (Å²) < 4.78 is 0. The third-order valence-electron chi connectivity index (χ3n) is 1.91. The number of carbonyl (C=O) groups is 1. The van der Waals surface area contributed by atoms with Gasteiger partial charge in [0.15, 0.2) is 0 Å². The second kappa shape index (κ2) is 3.43. The van der Waals surface area contributed by atoms with Crippen LogP contribution in [0.5, 0.6) is 0 Å². The molecular weight excluding hydrogens is 206 g/mol. The number of rotatable bonds is 2. The van der Waals surface area contributed by atoms with Crippen LogP contribution in [0.2, 0.25) is 5.15 Å². The predicted octanol–water partition coefficient (Wildman–Crippen LogP) is 0.576. The van der Waals surface area contributed by atoms with Crippen molar-refractivity contribution in [2.24, 2.45) is 5.73 Å². The van der Waals surface area contributed by atoms with E-state index in [1.54, 1.807) is 0 Å². The largest absolute Gasteiger partial charge is 0.480 e. The monoisotopic (exact) mass is 215 g/mol. The first kappa shape index (κ1) is 10.7. The van der Waals surface area contributed by atoms with Crippen LogP contribution in [-0.2, 0) is 10.3 Å². The molecule has 1 heterocycles. The Morgan fingerprint density at radius 3 is 2.71 bits per heavy atom. The van der Waals surface area contributed by atoms with Gasteiger partial charge in [-0.2, -0.15) is 0 Å². The zero-order chi connectivity index (χ0) is 10.9. The Morgan fingerprint density at radius 2 is 2.29 bits per heavy atom. The van der Waals surface area contributed by atoms with Crippen LogP contribution in [0.15, 0.2) is 12.3 Å². The summed E-state index contributed by atoms with van der Waals surface area (Å²) >= 11 is 5.57. The van der Waals surface area contributed by atoms with E-state index >= 15 is 0 Å². The molecule has 0 aliphatic rings. The van der Waals surface area contributed by atoms with Crippen LogP contribution in [0.3, 0.4) is 0 Å². The van der Waals surface area contributed by atoms with Crippen molar-refractivity contribution >= 4 is 23.3 Å². The summed E-state index contributed by atoms with van der Waals surface area (Å²) in [5.74, 6) is -1.17. The quantitative estimate of drug-likeness (QED) is 0.626. The first-order chi connectivity index (χ1) is 6.35. The summed E-state index contributed by atoms with van der Waals surface area (Å²) in [6.45, 7) is 1.34. The van der Waals surface area contributed by atoms with E-state index in [4.69, 9.17) is 28.2 Å². The number of nitrogens with two attached hydrogens (primary N) is 2. The number of hydrogen-bond acceptors (Lipinski definition) is 4. The Morgan fingerprint density at radius 1 is 1.71 bits per heavy atom. The van der Waals surface area contributed by atoms with Gasteiger partial charge < -0.3 is 16.6 Å². The van der Waals surface area contributed by atoms with E-state index in [1.807, 2.05) is 0 Å². The van der Waals surface area contributed by atoms with Crippen molar-refractivity contribution in [2.45, 2.75) is 12.5 Å². The molecule has 5 N–H and O–H groups in total. The molecule has 0 saturated heterocycles. The number of halogens is 1. The Bertz CT molecular complexity index is 379. The molecule has 1 rings (SSSR count). The lowest BCUT2D eigenvalue weighted by atomic mass is 9.94. The van der Waals surface area contributed by atoms with Crippen molar-refractivity contribution < 1.29 is 9.90 Å². The maximum atomic E-state index is 10.8. The van der Waals surface area contributed by atoms with Crippen molar-refractivity contribution in [3.05, 3.63) is 23.0 Å². The minimum atomic E-state index is -1.55. The van der Waals surface area contributed by atoms with Gasteiger partial charge in [0.05, 0.1) is 0 Å². The molecule has 0 aliphatic heterocycles. The van der Waals surface area contributed by atoms with Crippen molar-refractivity contribution in [1.29, 1.82) is 0 Å². The van der Waals surface area contributed by atoms with Gasteiger partial charge in [0.1, 0.15) is 10.7 Å². The average molecular weight is 216 g/mol. The van der Waals surface area contributed by atoms with Gasteiger partial charge in [-0.25, -0.2) is 9.78 Å². The van der Waals surface area contributed by atoms with Crippen LogP contribution in [-0.4, -0.2) is 16.1 Å². The molecule has 0 fully saturated rings. The number of hydrogen-bond donors (Lipinski definition) is 3. The first-order valence-electron chi connectivity index (χ1n) is 3.79. The minimum Gasteiger partial charge on any atom is -0.480 e. The Labute approximate surface area is 85.7 Å². The van der Waals surface area contributed by atoms with Crippen LogP contribution in [0.1, 0.15) is 12.5 Å². The van der Waals surface area contributed by atoms with Gasteiger partial charge in [-0.1, -0.05) is 11.6 Å². The fraction of sp³-hybridized carbons (Fsp3) is 0.250. The third kappa shape index (κ3) is 1.78. The third-order valence-corrected chi connectivity index (χ3v) is 2.11. The standard InChI is InChI=1S/C8H10ClN3O2/c1-8(11,7(13)14)4-3-12-6(9)2-5(4)10/h2-3H,11H2,1H3,(H2,10,12)(H,13,14)/t8-/m0/s1. The Kier molecular flexibility index (Phi) is 2.64. The molecule has 0 bridgehead atoms. The van der Waals surface area contributed by atoms with Gasteiger partial charge in [-0.3, -0.25) is 0 Å². The molecule has 14 heavy (non-hydrogen) atoms. The fourth-order valence-electron chi connectivity index (χ4n) is 0.993. The van der Waals surface area contributed by atoms with Gasteiger partial charge in [0.25, 0.3) is 0 Å². The lowest BCUT2D eigenvalue weighted by Crippen LogP contribution is -2.42. The molecule has 0 amide bonds. The lowest BCUT2D eigenvalue weighted by Gasteiger charge is -2.20. The maximum absolute atomic E-state index is 10.8. The topological polar surface area (TPSA) is 102 Å². The Balaban J connectivity index is 3.26. The molecule has 0 spiro atoms. The summed E-state index contributed by atoms with van der Waals surface area (Å²) in [5, 5.41) is 9.05. The van der Waals surface area contributed by atoms with Crippen LogP contribution in [0.25, 0.3) is 0 Å². The molecule has 0 radical (unpaired) electrons. The van der Waals surface area contributed by atoms with Gasteiger partial charge in [0.2, 0.25) is 0 Å². The van der Waals surface area contributed by atoms with E-state index in [0.29, 0.717) is 0 Å². The van der Waals surface area contributed by atoms with Crippen LogP contribution in [0, 0.1) is 0 Å². The number of aliphatic carboxylic acids is 1. The smallest absolute Gasteiger partial charge is 0.328 e. The molecule has 6 heteroatoms. The SMILES string of the molecule is C[C@@](N)(C(=O)O)c1cnc(Cl)cc1N. The highest BCUT2D eigenvalue weighted by Crippen LogP contribution is 2.25. The Hall–Kier alpha value is -1.33. The molecule has 0 saturated carbocycles. The molecule has 76 valence electrons. The highest BCUT2D eigenvalue weighted by Gasteiger charge is 2.32. The molecule has 5 nitrogen and oxygen atoms in total. The molecular formula is C8H10ClN3O2. The summed E-state index contributed by atoms with van der Waals surface area (Å²) in [6, 6.07) is 1.37. The van der Waals surface area contributed by atoms with Crippen molar-refractivity contribution in [3.63, 3.8) is 0 Å². The van der Waals surface area contributed by atoms with Gasteiger partial charge in [-0.15, -0.1) is 0 Å². The number of anilines is 1. The highest BCUT2D eigenvalue weighted by atomic mass is 35.5. The number of pyridine rings is 1. The molecule has 1 aromatic rings. The summed E-state index contributed by atoms with van der Waals surface area (Å²) in [4.78, 5) is 14.5. The van der Waals surface area contributed by atoms with Gasteiger partial charge >= 0.3 is 5.97 Å². The number of nitrogen functional groups attached to an aromatic ring is 1. The predicted molar refractivity (Wildman–Crippen MR) is 52.8 cm³/mol. The lowest BCUT2D eigenvalue weighted by molar-refractivity contribution is -0.143. The second-order valence-corrected chi connectivity index (χ2v) is 3.49. The molecule has 0 aliphatic carbocycles. The van der Waals surface area contributed by atoms with E-state index in [-0.39, 0.29) is 16.4 Å². The molecule has 1 aromatic heterocycles. The minimum absolute atomic E-state index is 0.201. The number of nitrogens with zero attached hydrogens (tertiary/aromatic N) is 1. The van der Waals surface area contributed by atoms with Gasteiger partial charge in [-0.05, 0) is 13.0 Å². The van der Waals surface area contributed by atoms with Crippen molar-refractivity contribution in [1.82, 2.24) is 4.98 Å². The van der Waals surface area contributed by atoms with E-state index in [0.717, 1.165) is 0 Å². The normalized spacial score (nSPS) is 14.8. The maximum Gasteiger partial charge on any atom is 0.328 e. The van der Waals surface area contributed by atoms with Crippen LogP contribution in [0.4, 0.5) is 5.69 Å². The number of carboxylic acids is 1. The van der Waals surface area contributed by atoms with E-state index in [1.165, 1.54) is 19.2 Å². The van der Waals surface area contributed by atoms with Crippen LogP contribution < -0.4 is 11.5 Å². The van der Waals surface area contributed by atoms with Crippen molar-refractivity contribution in [3.8, 4) is 0 Å². The molecule has 1 atom stereocenters. The fourth-order valence-corrected chi connectivity index (χ4v) is 1.16. The van der Waals surface area contributed by atoms with Crippen molar-refractivity contribution in [2.75, 3.05) is 5.73 Å². The van der Waals surface area contributed by atoms with E-state index in [2.05, 4.69) is 4.98 Å². The zero-order valence-corrected chi connectivity index (χ0v) is 8.25. The van der Waals surface area contributed by atoms with E-state index < -0.39 is 11.5 Å². The summed E-state index contributed by atoms with van der Waals surface area (Å²) in [5.41, 5.74) is 10.1. The van der Waals surface area contributed by atoms with Gasteiger partial charge in [0, 0.05) is 17.4 Å². The average Bonchev–Trinajstić information content (AvgIpc) is 2.02. The number of aromatic nitrogens is 1. The summed E-state index contributed by atoms with van der Waals surface area (Å²) in [6.07, 6.45) is 1.27. The zero-order valence-electron chi connectivity index (χ0n) is 7.49. The molecule has 0 aromatic carbocycles. The van der Waals surface area contributed by atoms with Crippen LogP contribution >= 0.6 is 11.6 Å². The summed E-state index contributed by atoms with van der Waals surface area (Å²) in [7, 11) is 0.